The van der Waals surface area contributed by atoms with Crippen molar-refractivity contribution >= 4 is 70.6 Å². The number of amides is 6. The number of nitrogens with two attached hydrogens (primary N) is 1. The molecular formula is C33H48Cl2N6O10. The zero-order valence-corrected chi connectivity index (χ0v) is 30.7. The maximum Gasteiger partial charge on any atom is 0.326 e. The summed E-state index contributed by atoms with van der Waals surface area (Å²) in [4.78, 5) is 101. The number of carboxylic acids is 2. The summed E-state index contributed by atoms with van der Waals surface area (Å²) in [5.74, 6) is -8.08. The van der Waals surface area contributed by atoms with E-state index in [0.717, 1.165) is 0 Å². The molecule has 5 atom stereocenters. The van der Waals surface area contributed by atoms with Crippen LogP contribution in [0.15, 0.2) is 18.2 Å². The Morgan fingerprint density at radius 3 is 1.59 bits per heavy atom. The lowest BCUT2D eigenvalue weighted by atomic mass is 10.00. The molecular weight excluding hydrogens is 711 g/mol. The highest BCUT2D eigenvalue weighted by Crippen LogP contribution is 2.23. The first kappa shape index (κ1) is 44.6. The van der Waals surface area contributed by atoms with E-state index in [1.165, 1.54) is 12.1 Å². The van der Waals surface area contributed by atoms with Crippen molar-refractivity contribution in [2.45, 2.75) is 110 Å². The highest BCUT2D eigenvalue weighted by Gasteiger charge is 2.34. The quantitative estimate of drug-likeness (QED) is 0.0840. The van der Waals surface area contributed by atoms with Crippen molar-refractivity contribution in [3.63, 3.8) is 0 Å². The summed E-state index contributed by atoms with van der Waals surface area (Å²) in [6.45, 7) is 8.54. The van der Waals surface area contributed by atoms with Crippen LogP contribution in [0.5, 0.6) is 0 Å². The third kappa shape index (κ3) is 16.9. The zero-order chi connectivity index (χ0) is 39.0. The summed E-state index contributed by atoms with van der Waals surface area (Å²) in [6.07, 6.45) is -1.37. The molecule has 0 saturated heterocycles. The van der Waals surface area contributed by atoms with Crippen LogP contribution in [0.2, 0.25) is 10.0 Å². The maximum absolute atomic E-state index is 13.5. The molecule has 9 N–H and O–H groups in total. The number of hydrogen-bond acceptors (Lipinski definition) is 8. The Morgan fingerprint density at radius 2 is 1.16 bits per heavy atom. The largest absolute Gasteiger partial charge is 0.481 e. The molecule has 0 radical (unpaired) electrons. The van der Waals surface area contributed by atoms with Gasteiger partial charge in [0.05, 0.1) is 16.5 Å². The fraction of sp³-hybridized carbons (Fsp3) is 0.576. The lowest BCUT2D eigenvalue weighted by Crippen LogP contribution is -2.59. The van der Waals surface area contributed by atoms with Crippen LogP contribution >= 0.6 is 23.2 Å². The highest BCUT2D eigenvalue weighted by molar-refractivity contribution is 6.42. The number of primary amides is 1. The molecule has 1 aromatic rings. The number of rotatable bonds is 22. The molecule has 6 amide bonds. The van der Waals surface area contributed by atoms with Gasteiger partial charge in [-0.2, -0.15) is 0 Å². The Balaban J connectivity index is 3.25. The smallest absolute Gasteiger partial charge is 0.326 e. The van der Waals surface area contributed by atoms with Gasteiger partial charge in [0.2, 0.25) is 35.4 Å². The van der Waals surface area contributed by atoms with Crippen LogP contribution in [-0.2, 0) is 44.8 Å². The van der Waals surface area contributed by atoms with Gasteiger partial charge in [-0.15, -0.1) is 0 Å². The summed E-state index contributed by atoms with van der Waals surface area (Å²) in [6, 6.07) is -2.54. The van der Waals surface area contributed by atoms with E-state index < -0.39 is 84.0 Å². The van der Waals surface area contributed by atoms with Crippen molar-refractivity contribution in [1.82, 2.24) is 26.6 Å². The van der Waals surface area contributed by atoms with Crippen molar-refractivity contribution in [1.29, 1.82) is 0 Å². The van der Waals surface area contributed by atoms with Crippen LogP contribution in [0.1, 0.15) is 78.7 Å². The van der Waals surface area contributed by atoms with Crippen molar-refractivity contribution in [3.8, 4) is 0 Å². The molecule has 0 aliphatic heterocycles. The molecule has 16 nitrogen and oxygen atoms in total. The van der Waals surface area contributed by atoms with E-state index in [4.69, 9.17) is 28.9 Å². The van der Waals surface area contributed by atoms with E-state index in [2.05, 4.69) is 26.6 Å². The SMILES string of the molecule is CCC(=O)N[C@@H](CCC(N)=O)C(=O)N[C@@H](CC(C)C)C(=O)N[C@@H](CC(=O)O)C(=O)N[C@@H](CC(C)C)C(=O)N[C@@H](Cc1ccc(Cl)c(Cl)c1)C(=O)O. The second kappa shape index (κ2) is 21.7. The van der Waals surface area contributed by atoms with Crippen molar-refractivity contribution < 1.29 is 48.6 Å². The molecule has 0 bridgehead atoms. The Labute approximate surface area is 306 Å². The predicted molar refractivity (Wildman–Crippen MR) is 187 cm³/mol. The fourth-order valence-corrected chi connectivity index (χ4v) is 5.15. The van der Waals surface area contributed by atoms with E-state index in [-0.39, 0.29) is 60.4 Å². The van der Waals surface area contributed by atoms with E-state index in [9.17, 15) is 48.6 Å². The Morgan fingerprint density at radius 1 is 0.686 bits per heavy atom. The minimum atomic E-state index is -1.72. The third-order valence-electron chi connectivity index (χ3n) is 7.38. The van der Waals surface area contributed by atoms with Crippen molar-refractivity contribution in [2.75, 3.05) is 0 Å². The molecule has 0 heterocycles. The van der Waals surface area contributed by atoms with Gasteiger partial charge in [-0.3, -0.25) is 33.6 Å². The first-order chi connectivity index (χ1) is 23.7. The second-order valence-corrected chi connectivity index (χ2v) is 13.7. The van der Waals surface area contributed by atoms with E-state index in [1.54, 1.807) is 40.7 Å². The van der Waals surface area contributed by atoms with Crippen LogP contribution in [-0.4, -0.2) is 87.8 Å². The number of carboxylic acid groups (broad SMARTS) is 2. The second-order valence-electron chi connectivity index (χ2n) is 12.9. The van der Waals surface area contributed by atoms with Gasteiger partial charge in [0.15, 0.2) is 0 Å². The number of benzene rings is 1. The topological polar surface area (TPSA) is 263 Å². The van der Waals surface area contributed by atoms with Gasteiger partial charge in [-0.05, 0) is 48.8 Å². The number of carbonyl (C=O) groups is 8. The molecule has 0 unspecified atom stereocenters. The average Bonchev–Trinajstić information content (AvgIpc) is 3.02. The van der Waals surface area contributed by atoms with Gasteiger partial charge in [0.1, 0.15) is 30.2 Å². The third-order valence-corrected chi connectivity index (χ3v) is 8.12. The number of nitrogens with one attached hydrogen (secondary N) is 5. The predicted octanol–water partition coefficient (Wildman–Crippen LogP) is 1.29. The first-order valence-electron chi connectivity index (χ1n) is 16.4. The lowest BCUT2D eigenvalue weighted by Gasteiger charge is -2.27. The summed E-state index contributed by atoms with van der Waals surface area (Å²) in [5.41, 5.74) is 5.67. The molecule has 0 saturated carbocycles. The normalized spacial score (nSPS) is 14.0. The Bertz CT molecular complexity index is 1440. The first-order valence-corrected chi connectivity index (χ1v) is 17.2. The number of carbonyl (C=O) groups excluding carboxylic acids is 6. The molecule has 0 aromatic heterocycles. The minimum Gasteiger partial charge on any atom is -0.481 e. The van der Waals surface area contributed by atoms with Crippen molar-refractivity contribution in [3.05, 3.63) is 33.8 Å². The molecule has 284 valence electrons. The minimum absolute atomic E-state index is 0.0205. The summed E-state index contributed by atoms with van der Waals surface area (Å²) in [7, 11) is 0. The molecule has 18 heteroatoms. The van der Waals surface area contributed by atoms with Gasteiger partial charge in [0.25, 0.3) is 0 Å². The summed E-state index contributed by atoms with van der Waals surface area (Å²) in [5, 5.41) is 32.0. The van der Waals surface area contributed by atoms with Crippen LogP contribution in [0, 0.1) is 11.8 Å². The van der Waals surface area contributed by atoms with Gasteiger partial charge >= 0.3 is 11.9 Å². The van der Waals surface area contributed by atoms with Gasteiger partial charge in [-0.1, -0.05) is 63.9 Å². The average molecular weight is 760 g/mol. The number of hydrogen-bond donors (Lipinski definition) is 8. The van der Waals surface area contributed by atoms with E-state index in [1.807, 2.05) is 0 Å². The number of aliphatic carboxylic acids is 2. The molecule has 0 spiro atoms. The molecule has 0 aliphatic rings. The standard InChI is InChI=1S/C33H48Cl2N6O10/c1-6-27(43)37-21(9-10-26(36)42)29(46)38-22(11-16(2)3)30(47)40-24(15-28(44)45)32(49)39-23(12-17(4)5)31(48)41-25(33(50)51)14-18-7-8-19(34)20(35)13-18/h7-8,13,16-17,21-25H,6,9-12,14-15H2,1-5H3,(H2,36,42)(H,37,43)(H,38,46)(H,39,49)(H,40,47)(H,41,48)(H,44,45)(H,50,51)/t21-,22-,23-,24-,25-/m0/s1. The van der Waals surface area contributed by atoms with Crippen molar-refractivity contribution in [2.24, 2.45) is 17.6 Å². The maximum atomic E-state index is 13.5. The van der Waals surface area contributed by atoms with Gasteiger partial charge in [0, 0.05) is 19.3 Å². The van der Waals surface area contributed by atoms with Crippen LogP contribution < -0.4 is 32.3 Å². The van der Waals surface area contributed by atoms with Crippen LogP contribution in [0.25, 0.3) is 0 Å². The summed E-state index contributed by atoms with van der Waals surface area (Å²) >= 11 is 12.0. The molecule has 0 fully saturated rings. The fourth-order valence-electron chi connectivity index (χ4n) is 4.83. The summed E-state index contributed by atoms with van der Waals surface area (Å²) < 4.78 is 0. The molecule has 0 aliphatic carbocycles. The Kier molecular flexibility index (Phi) is 19.0. The van der Waals surface area contributed by atoms with E-state index in [0.29, 0.717) is 5.56 Å². The Hall–Kier alpha value is -4.44. The monoisotopic (exact) mass is 758 g/mol. The van der Waals surface area contributed by atoms with Gasteiger partial charge in [-0.25, -0.2) is 4.79 Å². The lowest BCUT2D eigenvalue weighted by molar-refractivity contribution is -0.143. The molecule has 1 aromatic carbocycles. The van der Waals surface area contributed by atoms with Crippen LogP contribution in [0.3, 0.4) is 0 Å². The number of halogens is 2. The van der Waals surface area contributed by atoms with Gasteiger partial charge < -0.3 is 42.5 Å². The molecule has 1 rings (SSSR count). The van der Waals surface area contributed by atoms with Crippen LogP contribution in [0.4, 0.5) is 0 Å². The van der Waals surface area contributed by atoms with E-state index >= 15 is 0 Å². The zero-order valence-electron chi connectivity index (χ0n) is 29.2. The highest BCUT2D eigenvalue weighted by atomic mass is 35.5. The molecule has 51 heavy (non-hydrogen) atoms.